The van der Waals surface area contributed by atoms with E-state index < -0.39 is 12.0 Å². The van der Waals surface area contributed by atoms with Crippen LogP contribution in [0.4, 0.5) is 0 Å². The first-order valence-electron chi connectivity index (χ1n) is 10.7. The number of unbranched alkanes of at least 4 members (excludes halogenated alkanes) is 11. The molecule has 0 aliphatic rings. The zero-order chi connectivity index (χ0) is 19.0. The number of aliphatic carboxylic acids is 1. The van der Waals surface area contributed by atoms with Crippen LogP contribution in [-0.4, -0.2) is 26.2 Å². The van der Waals surface area contributed by atoms with Crippen LogP contribution in [0.5, 0.6) is 0 Å². The third kappa shape index (κ3) is 9.88. The lowest BCUT2D eigenvalue weighted by Crippen LogP contribution is -2.34. The van der Waals surface area contributed by atoms with Gasteiger partial charge in [0.2, 0.25) is 0 Å². The highest BCUT2D eigenvalue weighted by Gasteiger charge is 2.15. The molecule has 1 aromatic rings. The molecule has 6 heteroatoms. The molecule has 150 valence electrons. The van der Waals surface area contributed by atoms with E-state index in [1.165, 1.54) is 62.6 Å². The van der Waals surface area contributed by atoms with Gasteiger partial charge in [-0.25, -0.2) is 0 Å². The molecular formula is C20H37N4O2-. The number of nitrogens with zero attached hydrogens (tertiary/aromatic N) is 4. The Hall–Kier alpha value is -1.46. The highest BCUT2D eigenvalue weighted by molar-refractivity contribution is 5.69. The molecule has 0 N–H and O–H groups in total. The SMILES string of the molecule is CCCCCCCCCCCCc1nnn(C(CCCCC)C(=O)[O-])n1. The first kappa shape index (κ1) is 22.6. The Bertz CT molecular complexity index is 476. The van der Waals surface area contributed by atoms with Gasteiger partial charge >= 0.3 is 0 Å². The summed E-state index contributed by atoms with van der Waals surface area (Å²) in [5.74, 6) is -0.477. The second-order valence-electron chi connectivity index (χ2n) is 7.29. The van der Waals surface area contributed by atoms with E-state index in [-0.39, 0.29) is 0 Å². The summed E-state index contributed by atoms with van der Waals surface area (Å²) in [4.78, 5) is 12.5. The summed E-state index contributed by atoms with van der Waals surface area (Å²) in [6, 6.07) is -0.796. The fourth-order valence-corrected chi connectivity index (χ4v) is 3.17. The van der Waals surface area contributed by atoms with Crippen molar-refractivity contribution in [1.82, 2.24) is 20.2 Å². The van der Waals surface area contributed by atoms with Gasteiger partial charge in [0, 0.05) is 6.42 Å². The Labute approximate surface area is 158 Å². The summed E-state index contributed by atoms with van der Waals surface area (Å²) in [6.07, 6.45) is 17.0. The van der Waals surface area contributed by atoms with Gasteiger partial charge in [0.25, 0.3) is 0 Å². The minimum Gasteiger partial charge on any atom is -0.548 e. The van der Waals surface area contributed by atoms with Crippen molar-refractivity contribution in [3.05, 3.63) is 5.82 Å². The van der Waals surface area contributed by atoms with Crippen LogP contribution >= 0.6 is 0 Å². The highest BCUT2D eigenvalue weighted by Crippen LogP contribution is 2.14. The summed E-state index contributed by atoms with van der Waals surface area (Å²) in [6.45, 7) is 4.34. The normalized spacial score (nSPS) is 12.4. The van der Waals surface area contributed by atoms with Crippen LogP contribution in [0.25, 0.3) is 0 Å². The summed E-state index contributed by atoms with van der Waals surface area (Å²) in [7, 11) is 0. The van der Waals surface area contributed by atoms with E-state index in [1.54, 1.807) is 0 Å². The summed E-state index contributed by atoms with van der Waals surface area (Å²) in [5, 5.41) is 23.5. The maximum atomic E-state index is 11.3. The Morgan fingerprint density at radius 3 is 2.00 bits per heavy atom. The van der Waals surface area contributed by atoms with Crippen LogP contribution in [0.1, 0.15) is 116 Å². The molecule has 0 saturated carbocycles. The standard InChI is InChI=1S/C20H38N4O2/c1-3-5-7-8-9-10-11-12-13-15-17-19-21-23-24(22-19)18(20(25)26)16-14-6-4-2/h18H,3-17H2,1-2H3,(H,25,26)/p-1. The molecular weight excluding hydrogens is 328 g/mol. The van der Waals surface area contributed by atoms with E-state index >= 15 is 0 Å². The number of aryl methyl sites for hydroxylation is 1. The smallest absolute Gasteiger partial charge is 0.174 e. The largest absolute Gasteiger partial charge is 0.548 e. The summed E-state index contributed by atoms with van der Waals surface area (Å²) >= 11 is 0. The molecule has 0 aliphatic carbocycles. The number of hydrogen-bond donors (Lipinski definition) is 0. The molecule has 0 aliphatic heterocycles. The molecule has 0 bridgehead atoms. The van der Waals surface area contributed by atoms with Gasteiger partial charge in [-0.15, -0.1) is 10.2 Å². The molecule has 0 fully saturated rings. The second kappa shape index (κ2) is 14.7. The van der Waals surface area contributed by atoms with Crippen LogP contribution in [0.3, 0.4) is 0 Å². The van der Waals surface area contributed by atoms with Crippen molar-refractivity contribution in [2.24, 2.45) is 0 Å². The van der Waals surface area contributed by atoms with Crippen molar-refractivity contribution >= 4 is 5.97 Å². The third-order valence-electron chi connectivity index (χ3n) is 4.86. The zero-order valence-corrected chi connectivity index (χ0v) is 16.8. The average Bonchev–Trinajstić information content (AvgIpc) is 3.08. The Kier molecular flexibility index (Phi) is 12.8. The third-order valence-corrected chi connectivity index (χ3v) is 4.86. The molecule has 0 radical (unpaired) electrons. The molecule has 1 unspecified atom stereocenters. The van der Waals surface area contributed by atoms with Gasteiger partial charge < -0.3 is 9.90 Å². The molecule has 1 heterocycles. The molecule has 1 rings (SSSR count). The Morgan fingerprint density at radius 1 is 0.885 bits per heavy atom. The predicted octanol–water partition coefficient (Wildman–Crippen LogP) is 4.01. The monoisotopic (exact) mass is 365 g/mol. The number of carboxylic acid groups (broad SMARTS) is 1. The van der Waals surface area contributed by atoms with E-state index in [2.05, 4.69) is 29.3 Å². The van der Waals surface area contributed by atoms with E-state index in [9.17, 15) is 9.90 Å². The number of rotatable bonds is 17. The van der Waals surface area contributed by atoms with Gasteiger partial charge in [0.05, 0.1) is 5.97 Å². The average molecular weight is 366 g/mol. The predicted molar refractivity (Wildman–Crippen MR) is 102 cm³/mol. The minimum absolute atomic E-state index is 0.504. The van der Waals surface area contributed by atoms with Gasteiger partial charge in [-0.3, -0.25) is 0 Å². The fourth-order valence-electron chi connectivity index (χ4n) is 3.17. The minimum atomic E-state index is -1.12. The zero-order valence-electron chi connectivity index (χ0n) is 16.8. The van der Waals surface area contributed by atoms with E-state index in [0.717, 1.165) is 32.1 Å². The highest BCUT2D eigenvalue weighted by atomic mass is 16.4. The molecule has 0 spiro atoms. The van der Waals surface area contributed by atoms with Crippen LogP contribution in [0, 0.1) is 0 Å². The molecule has 0 amide bonds. The van der Waals surface area contributed by atoms with Crippen molar-refractivity contribution in [3.63, 3.8) is 0 Å². The van der Waals surface area contributed by atoms with Crippen LogP contribution in [-0.2, 0) is 11.2 Å². The quantitative estimate of drug-likeness (QED) is 0.389. The van der Waals surface area contributed by atoms with Crippen LogP contribution < -0.4 is 5.11 Å². The molecule has 1 aromatic heterocycles. The van der Waals surface area contributed by atoms with Crippen molar-refractivity contribution in [2.45, 2.75) is 116 Å². The number of carbonyl (C=O) groups is 1. The molecule has 0 saturated heterocycles. The number of aromatic nitrogens is 4. The van der Waals surface area contributed by atoms with E-state index in [1.807, 2.05) is 0 Å². The fraction of sp³-hybridized carbons (Fsp3) is 0.900. The maximum absolute atomic E-state index is 11.3. The molecule has 1 atom stereocenters. The lowest BCUT2D eigenvalue weighted by atomic mass is 10.1. The molecule has 6 nitrogen and oxygen atoms in total. The van der Waals surface area contributed by atoms with Gasteiger partial charge in [-0.2, -0.15) is 4.80 Å². The summed E-state index contributed by atoms with van der Waals surface area (Å²) in [5.41, 5.74) is 0. The van der Waals surface area contributed by atoms with E-state index in [4.69, 9.17) is 0 Å². The van der Waals surface area contributed by atoms with Crippen molar-refractivity contribution in [2.75, 3.05) is 0 Å². The lowest BCUT2D eigenvalue weighted by molar-refractivity contribution is -0.311. The number of carboxylic acids is 1. The van der Waals surface area contributed by atoms with Gasteiger partial charge in [-0.1, -0.05) is 90.9 Å². The van der Waals surface area contributed by atoms with Gasteiger partial charge in [0.1, 0.15) is 6.04 Å². The molecule has 0 aromatic carbocycles. The number of tetrazole rings is 1. The van der Waals surface area contributed by atoms with Crippen molar-refractivity contribution in [1.29, 1.82) is 0 Å². The number of carbonyl (C=O) groups excluding carboxylic acids is 1. The first-order chi connectivity index (χ1) is 12.7. The van der Waals surface area contributed by atoms with Crippen LogP contribution in [0.2, 0.25) is 0 Å². The maximum Gasteiger partial charge on any atom is 0.174 e. The first-order valence-corrected chi connectivity index (χ1v) is 10.7. The Morgan fingerprint density at radius 2 is 1.42 bits per heavy atom. The van der Waals surface area contributed by atoms with Crippen molar-refractivity contribution < 1.29 is 9.90 Å². The van der Waals surface area contributed by atoms with E-state index in [0.29, 0.717) is 12.2 Å². The van der Waals surface area contributed by atoms with Gasteiger partial charge in [0.15, 0.2) is 5.82 Å². The number of hydrogen-bond acceptors (Lipinski definition) is 5. The molecule has 26 heavy (non-hydrogen) atoms. The van der Waals surface area contributed by atoms with Crippen molar-refractivity contribution in [3.8, 4) is 0 Å². The topological polar surface area (TPSA) is 83.7 Å². The van der Waals surface area contributed by atoms with Gasteiger partial charge in [-0.05, 0) is 18.1 Å². The van der Waals surface area contributed by atoms with Crippen LogP contribution in [0.15, 0.2) is 0 Å². The second-order valence-corrected chi connectivity index (χ2v) is 7.29. The lowest BCUT2D eigenvalue weighted by Gasteiger charge is -2.15. The summed E-state index contributed by atoms with van der Waals surface area (Å²) < 4.78 is 0. The Balaban J connectivity index is 2.17.